The van der Waals surface area contributed by atoms with Gasteiger partial charge in [-0.1, -0.05) is 29.8 Å². The van der Waals surface area contributed by atoms with Crippen LogP contribution in [-0.4, -0.2) is 40.4 Å². The van der Waals surface area contributed by atoms with E-state index in [0.717, 1.165) is 18.6 Å². The molecule has 0 atom stereocenters. The van der Waals surface area contributed by atoms with E-state index in [0.29, 0.717) is 24.8 Å². The Hall–Kier alpha value is -1.00. The van der Waals surface area contributed by atoms with Crippen molar-refractivity contribution in [1.29, 1.82) is 0 Å². The molecule has 1 saturated heterocycles. The smallest absolute Gasteiger partial charge is 0.232 e. The van der Waals surface area contributed by atoms with Crippen LogP contribution < -0.4 is 0 Å². The van der Waals surface area contributed by atoms with Gasteiger partial charge in [0.05, 0.1) is 18.8 Å². The van der Waals surface area contributed by atoms with Crippen LogP contribution in [0.3, 0.4) is 0 Å². The lowest BCUT2D eigenvalue weighted by Gasteiger charge is -2.47. The molecule has 2 aliphatic rings. The Balaban J connectivity index is 1.39. The quantitative estimate of drug-likeness (QED) is 0.904. The fraction of sp³-hybridized carbons (Fsp3) is 0.562. The minimum Gasteiger partial charge on any atom is -0.386 e. The lowest BCUT2D eigenvalue weighted by atomic mass is 9.89. The maximum absolute atomic E-state index is 12.0. The molecule has 4 heteroatoms. The van der Waals surface area contributed by atoms with E-state index >= 15 is 0 Å². The first-order valence-corrected chi connectivity index (χ1v) is 8.36. The Labute approximate surface area is 124 Å². The number of β-amino-alcohol motifs (C(OH)–C–C–N with tert-alkyl or cyclic N) is 1. The summed E-state index contributed by atoms with van der Waals surface area (Å²) in [5.74, 6) is 1.99. The van der Waals surface area contributed by atoms with Gasteiger partial charge in [0, 0.05) is 5.75 Å². The topological polar surface area (TPSA) is 40.5 Å². The highest BCUT2D eigenvalue weighted by Gasteiger charge is 2.53. The maximum atomic E-state index is 12.0. The molecule has 1 N–H and O–H groups in total. The SMILES string of the molecule is Cc1ccc(CSCC(=O)N2CC(O)(C3CC3)C2)cc1. The average Bonchev–Trinajstić information content (AvgIpc) is 3.22. The second-order valence-corrected chi connectivity index (χ2v) is 7.09. The Kier molecular flexibility index (Phi) is 3.78. The van der Waals surface area contributed by atoms with Gasteiger partial charge in [0.15, 0.2) is 0 Å². The number of aryl methyl sites for hydroxylation is 1. The van der Waals surface area contributed by atoms with E-state index in [9.17, 15) is 9.90 Å². The van der Waals surface area contributed by atoms with Crippen molar-refractivity contribution >= 4 is 17.7 Å². The molecule has 0 bridgehead atoms. The summed E-state index contributed by atoms with van der Waals surface area (Å²) in [6.07, 6.45) is 2.25. The maximum Gasteiger partial charge on any atom is 0.232 e. The van der Waals surface area contributed by atoms with Crippen LogP contribution in [0.2, 0.25) is 0 Å². The first-order valence-electron chi connectivity index (χ1n) is 7.20. The zero-order valence-corrected chi connectivity index (χ0v) is 12.7. The summed E-state index contributed by atoms with van der Waals surface area (Å²) < 4.78 is 0. The van der Waals surface area contributed by atoms with Crippen molar-refractivity contribution in [3.8, 4) is 0 Å². The van der Waals surface area contributed by atoms with Gasteiger partial charge in [-0.25, -0.2) is 0 Å². The molecule has 20 heavy (non-hydrogen) atoms. The van der Waals surface area contributed by atoms with Crippen molar-refractivity contribution in [3.05, 3.63) is 35.4 Å². The third-order valence-corrected chi connectivity index (χ3v) is 5.22. The summed E-state index contributed by atoms with van der Waals surface area (Å²) in [5.41, 5.74) is 1.96. The average molecular weight is 291 g/mol. The van der Waals surface area contributed by atoms with Gasteiger partial charge < -0.3 is 10.0 Å². The third-order valence-electron chi connectivity index (χ3n) is 4.23. The van der Waals surface area contributed by atoms with Crippen molar-refractivity contribution in [2.75, 3.05) is 18.8 Å². The molecule has 0 aromatic heterocycles. The Bertz CT molecular complexity index is 490. The minimum atomic E-state index is -0.558. The number of amides is 1. The molecule has 0 spiro atoms. The summed E-state index contributed by atoms with van der Waals surface area (Å²) in [7, 11) is 0. The summed E-state index contributed by atoms with van der Waals surface area (Å²) in [6.45, 7) is 3.16. The number of rotatable bonds is 5. The van der Waals surface area contributed by atoms with Gasteiger partial charge in [-0.3, -0.25) is 4.79 Å². The van der Waals surface area contributed by atoms with Crippen LogP contribution in [-0.2, 0) is 10.5 Å². The standard InChI is InChI=1S/C16H21NO2S/c1-12-2-4-13(5-3-12)8-20-9-15(18)17-10-16(19,11-17)14-6-7-14/h2-5,14,19H,6-11H2,1H3. The van der Waals surface area contributed by atoms with Crippen LogP contribution in [0.5, 0.6) is 0 Å². The van der Waals surface area contributed by atoms with Gasteiger partial charge in [-0.15, -0.1) is 11.8 Å². The highest BCUT2D eigenvalue weighted by atomic mass is 32.2. The van der Waals surface area contributed by atoms with Crippen LogP contribution in [0.1, 0.15) is 24.0 Å². The lowest BCUT2D eigenvalue weighted by Crippen LogP contribution is -2.65. The molecule has 3 nitrogen and oxygen atoms in total. The first kappa shape index (κ1) is 14.0. The molecule has 1 aliphatic heterocycles. The van der Waals surface area contributed by atoms with Crippen LogP contribution in [0.25, 0.3) is 0 Å². The number of benzene rings is 1. The number of carbonyl (C=O) groups excluding carboxylic acids is 1. The minimum absolute atomic E-state index is 0.160. The third kappa shape index (κ3) is 3.01. The Morgan fingerprint density at radius 3 is 2.60 bits per heavy atom. The molecule has 1 aromatic rings. The fourth-order valence-corrected chi connectivity index (χ4v) is 3.59. The van der Waals surface area contributed by atoms with Crippen molar-refractivity contribution in [2.24, 2.45) is 5.92 Å². The molecule has 1 heterocycles. The summed E-state index contributed by atoms with van der Waals surface area (Å²) >= 11 is 1.65. The van der Waals surface area contributed by atoms with Gasteiger partial charge in [0.25, 0.3) is 0 Å². The predicted molar refractivity (Wildman–Crippen MR) is 81.6 cm³/mol. The molecule has 1 aromatic carbocycles. The molecule has 0 unspecified atom stereocenters. The van der Waals surface area contributed by atoms with Gasteiger partial charge in [0.2, 0.25) is 5.91 Å². The predicted octanol–water partition coefficient (Wildman–Crippen LogP) is 2.21. The summed E-state index contributed by atoms with van der Waals surface area (Å²) in [6, 6.07) is 8.43. The molecular weight excluding hydrogens is 270 g/mol. The van der Waals surface area contributed by atoms with E-state index in [4.69, 9.17) is 0 Å². The first-order chi connectivity index (χ1) is 9.57. The van der Waals surface area contributed by atoms with Gasteiger partial charge in [-0.05, 0) is 31.2 Å². The number of hydrogen-bond acceptors (Lipinski definition) is 3. The monoisotopic (exact) mass is 291 g/mol. The van der Waals surface area contributed by atoms with Crippen LogP contribution in [0.15, 0.2) is 24.3 Å². The normalized spacial score (nSPS) is 20.6. The molecule has 3 rings (SSSR count). The Morgan fingerprint density at radius 2 is 2.00 bits per heavy atom. The summed E-state index contributed by atoms with van der Waals surface area (Å²) in [4.78, 5) is 13.8. The van der Waals surface area contributed by atoms with Gasteiger partial charge in [-0.2, -0.15) is 0 Å². The zero-order chi connectivity index (χ0) is 14.2. The van der Waals surface area contributed by atoms with E-state index in [1.807, 2.05) is 0 Å². The molecule has 108 valence electrons. The van der Waals surface area contributed by atoms with E-state index < -0.39 is 5.60 Å². The second kappa shape index (κ2) is 5.41. The summed E-state index contributed by atoms with van der Waals surface area (Å²) in [5, 5.41) is 10.2. The van der Waals surface area contributed by atoms with E-state index in [1.165, 1.54) is 11.1 Å². The van der Waals surface area contributed by atoms with Crippen molar-refractivity contribution in [2.45, 2.75) is 31.1 Å². The number of carbonyl (C=O) groups is 1. The molecule has 0 radical (unpaired) electrons. The number of nitrogens with zero attached hydrogens (tertiary/aromatic N) is 1. The lowest BCUT2D eigenvalue weighted by molar-refractivity contribution is -0.156. The highest BCUT2D eigenvalue weighted by Crippen LogP contribution is 2.44. The van der Waals surface area contributed by atoms with Crippen molar-refractivity contribution in [3.63, 3.8) is 0 Å². The zero-order valence-electron chi connectivity index (χ0n) is 11.8. The molecular formula is C16H21NO2S. The van der Waals surface area contributed by atoms with Crippen molar-refractivity contribution in [1.82, 2.24) is 4.90 Å². The van der Waals surface area contributed by atoms with Gasteiger partial charge in [0.1, 0.15) is 5.60 Å². The van der Waals surface area contributed by atoms with E-state index in [-0.39, 0.29) is 5.91 Å². The largest absolute Gasteiger partial charge is 0.386 e. The van der Waals surface area contributed by atoms with Crippen molar-refractivity contribution < 1.29 is 9.90 Å². The van der Waals surface area contributed by atoms with Crippen LogP contribution in [0, 0.1) is 12.8 Å². The molecule has 1 saturated carbocycles. The van der Waals surface area contributed by atoms with Crippen LogP contribution >= 0.6 is 11.8 Å². The molecule has 1 amide bonds. The molecule has 2 fully saturated rings. The number of likely N-dealkylation sites (tertiary alicyclic amines) is 1. The fourth-order valence-electron chi connectivity index (χ4n) is 2.70. The number of thioether (sulfide) groups is 1. The Morgan fingerprint density at radius 1 is 1.35 bits per heavy atom. The highest BCUT2D eigenvalue weighted by molar-refractivity contribution is 7.99. The van der Waals surface area contributed by atoms with E-state index in [1.54, 1.807) is 16.7 Å². The van der Waals surface area contributed by atoms with Crippen LogP contribution in [0.4, 0.5) is 0 Å². The van der Waals surface area contributed by atoms with E-state index in [2.05, 4.69) is 31.2 Å². The molecule has 1 aliphatic carbocycles. The second-order valence-electron chi connectivity index (χ2n) is 6.11. The number of hydrogen-bond donors (Lipinski definition) is 1. The van der Waals surface area contributed by atoms with Gasteiger partial charge >= 0.3 is 0 Å². The number of aliphatic hydroxyl groups is 1.